The van der Waals surface area contributed by atoms with Gasteiger partial charge in [-0.2, -0.15) is 0 Å². The summed E-state index contributed by atoms with van der Waals surface area (Å²) in [6.07, 6.45) is 5.18. The molecule has 0 spiro atoms. The van der Waals surface area contributed by atoms with Gasteiger partial charge in [-0.3, -0.25) is 0 Å². The van der Waals surface area contributed by atoms with Gasteiger partial charge < -0.3 is 9.67 Å². The average Bonchev–Trinajstić information content (AvgIpc) is 3.07. The second-order valence-electron chi connectivity index (χ2n) is 6.36. The minimum atomic E-state index is -0.901. The lowest BCUT2D eigenvalue weighted by Gasteiger charge is -2.15. The van der Waals surface area contributed by atoms with E-state index < -0.39 is 5.97 Å². The lowest BCUT2D eigenvalue weighted by atomic mass is 10.1. The smallest absolute Gasteiger partial charge is 0.337 e. The van der Waals surface area contributed by atoms with E-state index in [1.54, 1.807) is 6.07 Å². The molecule has 3 rings (SSSR count). The standard InChI is InChI=1S/C17H22N2O2/c1-11(2)16-18-15-13(17(20)21)8-5-9-14(15)19(16)10-12-6-3-4-7-12/h5,8-9,11-12H,3-4,6-7,10H2,1-2H3,(H,20,21). The number of para-hydroxylation sites is 1. The van der Waals surface area contributed by atoms with Crippen LogP contribution in [0, 0.1) is 5.92 Å². The Bertz CT molecular complexity index is 667. The highest BCUT2D eigenvalue weighted by Crippen LogP contribution is 2.31. The van der Waals surface area contributed by atoms with E-state index in [4.69, 9.17) is 0 Å². The zero-order chi connectivity index (χ0) is 15.0. The van der Waals surface area contributed by atoms with Gasteiger partial charge in [0.2, 0.25) is 0 Å². The first kappa shape index (κ1) is 14.1. The molecule has 0 amide bonds. The van der Waals surface area contributed by atoms with E-state index in [9.17, 15) is 9.90 Å². The molecule has 0 saturated heterocycles. The van der Waals surface area contributed by atoms with E-state index in [2.05, 4.69) is 23.4 Å². The summed E-state index contributed by atoms with van der Waals surface area (Å²) in [6, 6.07) is 5.46. The predicted octanol–water partition coefficient (Wildman–Crippen LogP) is 4.05. The molecule has 0 radical (unpaired) electrons. The third-order valence-electron chi connectivity index (χ3n) is 4.47. The van der Waals surface area contributed by atoms with Crippen molar-refractivity contribution < 1.29 is 9.90 Å². The molecular weight excluding hydrogens is 264 g/mol. The van der Waals surface area contributed by atoms with Crippen LogP contribution in [0.25, 0.3) is 11.0 Å². The Balaban J connectivity index is 2.13. The number of aromatic nitrogens is 2. The molecule has 1 saturated carbocycles. The van der Waals surface area contributed by atoms with Crippen molar-refractivity contribution in [3.8, 4) is 0 Å². The number of aromatic carboxylic acids is 1. The predicted molar refractivity (Wildman–Crippen MR) is 82.7 cm³/mol. The molecule has 1 aromatic heterocycles. The van der Waals surface area contributed by atoms with E-state index in [0.29, 0.717) is 22.9 Å². The molecule has 1 aliphatic carbocycles. The quantitative estimate of drug-likeness (QED) is 0.922. The molecule has 4 heteroatoms. The molecule has 0 bridgehead atoms. The molecule has 1 heterocycles. The first-order valence-electron chi connectivity index (χ1n) is 7.80. The molecule has 1 aromatic carbocycles. The number of fused-ring (bicyclic) bond motifs is 1. The van der Waals surface area contributed by atoms with E-state index in [1.165, 1.54) is 25.7 Å². The van der Waals surface area contributed by atoms with Crippen molar-refractivity contribution in [2.45, 2.75) is 52.0 Å². The van der Waals surface area contributed by atoms with Gasteiger partial charge in [0.15, 0.2) is 0 Å². The summed E-state index contributed by atoms with van der Waals surface area (Å²) >= 11 is 0. The minimum absolute atomic E-state index is 0.292. The van der Waals surface area contributed by atoms with Crippen molar-refractivity contribution >= 4 is 17.0 Å². The van der Waals surface area contributed by atoms with Crippen LogP contribution < -0.4 is 0 Å². The maximum atomic E-state index is 11.4. The van der Waals surface area contributed by atoms with Crippen LogP contribution in [-0.4, -0.2) is 20.6 Å². The normalized spacial score (nSPS) is 16.1. The summed E-state index contributed by atoms with van der Waals surface area (Å²) in [5.41, 5.74) is 1.90. The van der Waals surface area contributed by atoms with Gasteiger partial charge in [-0.25, -0.2) is 9.78 Å². The van der Waals surface area contributed by atoms with Crippen LogP contribution in [0.1, 0.15) is 61.6 Å². The van der Waals surface area contributed by atoms with E-state index in [0.717, 1.165) is 17.9 Å². The van der Waals surface area contributed by atoms with Crippen LogP contribution in [0.15, 0.2) is 18.2 Å². The molecule has 1 N–H and O–H groups in total. The number of carboxylic acids is 1. The van der Waals surface area contributed by atoms with Crippen molar-refractivity contribution in [3.05, 3.63) is 29.6 Å². The number of rotatable bonds is 4. The molecule has 2 aromatic rings. The van der Waals surface area contributed by atoms with Crippen LogP contribution in [0.3, 0.4) is 0 Å². The molecule has 4 nitrogen and oxygen atoms in total. The number of nitrogens with zero attached hydrogens (tertiary/aromatic N) is 2. The van der Waals surface area contributed by atoms with Gasteiger partial charge >= 0.3 is 5.97 Å². The lowest BCUT2D eigenvalue weighted by Crippen LogP contribution is -2.11. The third-order valence-corrected chi connectivity index (χ3v) is 4.47. The van der Waals surface area contributed by atoms with Gasteiger partial charge in [-0.1, -0.05) is 32.8 Å². The van der Waals surface area contributed by atoms with Gasteiger partial charge in [0, 0.05) is 12.5 Å². The Kier molecular flexibility index (Phi) is 3.70. The summed E-state index contributed by atoms with van der Waals surface area (Å²) in [4.78, 5) is 16.1. The molecule has 0 atom stereocenters. The zero-order valence-corrected chi connectivity index (χ0v) is 12.7. The van der Waals surface area contributed by atoms with Gasteiger partial charge in [0.05, 0.1) is 11.1 Å². The molecule has 21 heavy (non-hydrogen) atoms. The first-order valence-corrected chi connectivity index (χ1v) is 7.80. The van der Waals surface area contributed by atoms with Gasteiger partial charge in [0.25, 0.3) is 0 Å². The Labute approximate surface area is 124 Å². The van der Waals surface area contributed by atoms with Crippen LogP contribution in [-0.2, 0) is 6.54 Å². The first-order chi connectivity index (χ1) is 10.1. The highest BCUT2D eigenvalue weighted by atomic mass is 16.4. The Hall–Kier alpha value is -1.84. The number of hydrogen-bond donors (Lipinski definition) is 1. The largest absolute Gasteiger partial charge is 0.478 e. The lowest BCUT2D eigenvalue weighted by molar-refractivity contribution is 0.0699. The van der Waals surface area contributed by atoms with Crippen molar-refractivity contribution in [2.24, 2.45) is 5.92 Å². The number of imidazole rings is 1. The fraction of sp³-hybridized carbons (Fsp3) is 0.529. The minimum Gasteiger partial charge on any atom is -0.478 e. The maximum absolute atomic E-state index is 11.4. The maximum Gasteiger partial charge on any atom is 0.337 e. The van der Waals surface area contributed by atoms with Crippen LogP contribution in [0.2, 0.25) is 0 Å². The SMILES string of the molecule is CC(C)c1nc2c(C(=O)O)cccc2n1CC1CCCC1. The highest BCUT2D eigenvalue weighted by Gasteiger charge is 2.22. The Morgan fingerprint density at radius 1 is 1.38 bits per heavy atom. The van der Waals surface area contributed by atoms with Crippen molar-refractivity contribution in [3.63, 3.8) is 0 Å². The van der Waals surface area contributed by atoms with Gasteiger partial charge in [-0.05, 0) is 30.9 Å². The summed E-state index contributed by atoms with van der Waals surface area (Å²) < 4.78 is 2.25. The zero-order valence-electron chi connectivity index (χ0n) is 12.7. The summed E-state index contributed by atoms with van der Waals surface area (Å²) in [7, 11) is 0. The van der Waals surface area contributed by atoms with Crippen molar-refractivity contribution in [2.75, 3.05) is 0 Å². The fourth-order valence-electron chi connectivity index (χ4n) is 3.42. The van der Waals surface area contributed by atoms with Gasteiger partial charge in [-0.15, -0.1) is 0 Å². The molecule has 1 aliphatic rings. The Morgan fingerprint density at radius 3 is 2.71 bits per heavy atom. The topological polar surface area (TPSA) is 55.1 Å². The van der Waals surface area contributed by atoms with Crippen molar-refractivity contribution in [1.82, 2.24) is 9.55 Å². The monoisotopic (exact) mass is 286 g/mol. The second-order valence-corrected chi connectivity index (χ2v) is 6.36. The molecule has 1 fully saturated rings. The number of hydrogen-bond acceptors (Lipinski definition) is 2. The number of carbonyl (C=O) groups is 1. The molecule has 112 valence electrons. The third kappa shape index (κ3) is 2.55. The summed E-state index contributed by atoms with van der Waals surface area (Å²) in [6.45, 7) is 5.20. The summed E-state index contributed by atoms with van der Waals surface area (Å²) in [5, 5.41) is 9.36. The highest BCUT2D eigenvalue weighted by molar-refractivity contribution is 6.01. The number of benzene rings is 1. The van der Waals surface area contributed by atoms with Crippen molar-refractivity contribution in [1.29, 1.82) is 0 Å². The second kappa shape index (κ2) is 5.51. The van der Waals surface area contributed by atoms with Crippen LogP contribution >= 0.6 is 0 Å². The van der Waals surface area contributed by atoms with E-state index in [-0.39, 0.29) is 0 Å². The van der Waals surface area contributed by atoms with Gasteiger partial charge in [0.1, 0.15) is 11.3 Å². The molecule has 0 unspecified atom stereocenters. The van der Waals surface area contributed by atoms with Crippen LogP contribution in [0.5, 0.6) is 0 Å². The Morgan fingerprint density at radius 2 is 2.10 bits per heavy atom. The van der Waals surface area contributed by atoms with Crippen LogP contribution in [0.4, 0.5) is 0 Å². The molecular formula is C17H22N2O2. The fourth-order valence-corrected chi connectivity index (χ4v) is 3.42. The summed E-state index contributed by atoms with van der Waals surface area (Å²) in [5.74, 6) is 1.10. The average molecular weight is 286 g/mol. The number of carboxylic acid groups (broad SMARTS) is 1. The van der Waals surface area contributed by atoms with E-state index >= 15 is 0 Å². The molecule has 0 aliphatic heterocycles. The van der Waals surface area contributed by atoms with E-state index in [1.807, 2.05) is 12.1 Å².